The van der Waals surface area contributed by atoms with E-state index in [9.17, 15) is 4.79 Å². The third-order valence-electron chi connectivity index (χ3n) is 5.92. The van der Waals surface area contributed by atoms with Crippen molar-refractivity contribution in [1.82, 2.24) is 0 Å². The van der Waals surface area contributed by atoms with Crippen molar-refractivity contribution < 1.29 is 9.53 Å². The quantitative estimate of drug-likeness (QED) is 0.794. The molecule has 0 saturated heterocycles. The lowest BCUT2D eigenvalue weighted by molar-refractivity contribution is -0.0848. The Balaban J connectivity index is 1.42. The van der Waals surface area contributed by atoms with Gasteiger partial charge in [0.1, 0.15) is 0 Å². The van der Waals surface area contributed by atoms with Gasteiger partial charge < -0.3 is 4.74 Å². The number of rotatable bonds is 3. The molecular formula is C19H21NO2. The Hall–Kier alpha value is -1.82. The number of ether oxygens (including phenoxy) is 1. The summed E-state index contributed by atoms with van der Waals surface area (Å²) in [5.74, 6) is 2.37. The Morgan fingerprint density at radius 1 is 1.09 bits per heavy atom. The van der Waals surface area contributed by atoms with Crippen molar-refractivity contribution in [3.8, 4) is 6.07 Å². The van der Waals surface area contributed by atoms with Crippen LogP contribution in [0.2, 0.25) is 0 Å². The van der Waals surface area contributed by atoms with Gasteiger partial charge in [-0.05, 0) is 80.5 Å². The van der Waals surface area contributed by atoms with Crippen molar-refractivity contribution in [2.24, 2.45) is 23.2 Å². The van der Waals surface area contributed by atoms with E-state index < -0.39 is 0 Å². The summed E-state index contributed by atoms with van der Waals surface area (Å²) in [5, 5.41) is 8.80. The van der Waals surface area contributed by atoms with E-state index in [2.05, 4.69) is 6.07 Å². The minimum Gasteiger partial charge on any atom is -0.462 e. The van der Waals surface area contributed by atoms with Crippen LogP contribution in [0.25, 0.3) is 0 Å². The van der Waals surface area contributed by atoms with E-state index >= 15 is 0 Å². The van der Waals surface area contributed by atoms with Crippen LogP contribution in [0.1, 0.15) is 54.4 Å². The standard InChI is InChI=1S/C19H21NO2/c20-11-13-1-3-17(4-2-13)18(21)22-12-19-8-14-5-15(9-19)7-16(6-14)10-19/h1-4,14-16H,5-10,12H2. The lowest BCUT2D eigenvalue weighted by atomic mass is 9.50. The minimum atomic E-state index is -0.250. The summed E-state index contributed by atoms with van der Waals surface area (Å²) in [4.78, 5) is 12.2. The predicted octanol–water partition coefficient (Wildman–Crippen LogP) is 3.93. The van der Waals surface area contributed by atoms with E-state index in [0.29, 0.717) is 17.7 Å². The topological polar surface area (TPSA) is 50.1 Å². The van der Waals surface area contributed by atoms with Crippen molar-refractivity contribution in [2.75, 3.05) is 6.61 Å². The molecule has 3 nitrogen and oxygen atoms in total. The van der Waals surface area contributed by atoms with Crippen molar-refractivity contribution in [1.29, 1.82) is 5.26 Å². The van der Waals surface area contributed by atoms with Gasteiger partial charge in [-0.1, -0.05) is 0 Å². The van der Waals surface area contributed by atoms with Gasteiger partial charge in [0.25, 0.3) is 0 Å². The zero-order valence-electron chi connectivity index (χ0n) is 12.8. The van der Waals surface area contributed by atoms with Crippen LogP contribution in [-0.4, -0.2) is 12.6 Å². The third-order valence-corrected chi connectivity index (χ3v) is 5.92. The highest BCUT2D eigenvalue weighted by Gasteiger charge is 2.51. The van der Waals surface area contributed by atoms with Crippen LogP contribution in [0.4, 0.5) is 0 Å². The summed E-state index contributed by atoms with van der Waals surface area (Å²) in [6, 6.07) is 8.76. The molecule has 0 aromatic heterocycles. The molecule has 0 aliphatic heterocycles. The zero-order chi connectivity index (χ0) is 15.2. The normalized spacial score (nSPS) is 35.1. The molecule has 4 aliphatic rings. The molecule has 1 aromatic rings. The van der Waals surface area contributed by atoms with Crippen LogP contribution in [0.3, 0.4) is 0 Å². The second-order valence-corrected chi connectivity index (χ2v) is 7.68. The van der Waals surface area contributed by atoms with E-state index in [1.54, 1.807) is 24.3 Å². The number of carbonyl (C=O) groups excluding carboxylic acids is 1. The van der Waals surface area contributed by atoms with E-state index in [1.807, 2.05) is 0 Å². The number of benzene rings is 1. The van der Waals surface area contributed by atoms with Gasteiger partial charge in [0.15, 0.2) is 0 Å². The lowest BCUT2D eigenvalue weighted by Gasteiger charge is -2.56. The summed E-state index contributed by atoms with van der Waals surface area (Å²) in [6.07, 6.45) is 7.97. The van der Waals surface area contributed by atoms with Crippen LogP contribution in [0.5, 0.6) is 0 Å². The smallest absolute Gasteiger partial charge is 0.338 e. The van der Waals surface area contributed by atoms with Crippen molar-refractivity contribution in [3.63, 3.8) is 0 Å². The van der Waals surface area contributed by atoms with Crippen LogP contribution in [0.15, 0.2) is 24.3 Å². The Kier molecular flexibility index (Phi) is 3.22. The molecule has 4 bridgehead atoms. The molecule has 3 heteroatoms. The van der Waals surface area contributed by atoms with E-state index in [1.165, 1.54) is 38.5 Å². The maximum atomic E-state index is 12.2. The average Bonchev–Trinajstić information content (AvgIpc) is 2.51. The second kappa shape index (κ2) is 5.12. The molecule has 0 N–H and O–H groups in total. The summed E-state index contributed by atoms with van der Waals surface area (Å²) >= 11 is 0. The first-order chi connectivity index (χ1) is 10.7. The van der Waals surface area contributed by atoms with E-state index in [-0.39, 0.29) is 11.4 Å². The monoisotopic (exact) mass is 295 g/mol. The number of hydrogen-bond donors (Lipinski definition) is 0. The number of nitriles is 1. The fourth-order valence-electron chi connectivity index (χ4n) is 5.45. The predicted molar refractivity (Wildman–Crippen MR) is 82.0 cm³/mol. The first-order valence-corrected chi connectivity index (χ1v) is 8.33. The van der Waals surface area contributed by atoms with E-state index in [0.717, 1.165) is 17.8 Å². The summed E-state index contributed by atoms with van der Waals surface area (Å²) in [6.45, 7) is 0.579. The first-order valence-electron chi connectivity index (χ1n) is 8.33. The zero-order valence-corrected chi connectivity index (χ0v) is 12.8. The van der Waals surface area contributed by atoms with Gasteiger partial charge in [0.05, 0.1) is 23.8 Å². The van der Waals surface area contributed by atoms with Crippen LogP contribution < -0.4 is 0 Å². The highest BCUT2D eigenvalue weighted by Crippen LogP contribution is 2.60. The summed E-state index contributed by atoms with van der Waals surface area (Å²) in [5.41, 5.74) is 1.37. The highest BCUT2D eigenvalue weighted by atomic mass is 16.5. The molecule has 0 heterocycles. The molecule has 0 unspecified atom stereocenters. The molecular weight excluding hydrogens is 274 g/mol. The Labute approximate surface area is 131 Å². The highest BCUT2D eigenvalue weighted by molar-refractivity contribution is 5.89. The van der Waals surface area contributed by atoms with Gasteiger partial charge in [0, 0.05) is 5.41 Å². The molecule has 114 valence electrons. The van der Waals surface area contributed by atoms with Gasteiger partial charge in [-0.15, -0.1) is 0 Å². The fourth-order valence-corrected chi connectivity index (χ4v) is 5.45. The van der Waals surface area contributed by atoms with Crippen molar-refractivity contribution in [2.45, 2.75) is 38.5 Å². The lowest BCUT2D eigenvalue weighted by Crippen LogP contribution is -2.48. The number of carbonyl (C=O) groups is 1. The molecule has 1 aromatic carbocycles. The molecule has 4 saturated carbocycles. The molecule has 0 amide bonds. The first kappa shape index (κ1) is 13.8. The second-order valence-electron chi connectivity index (χ2n) is 7.68. The van der Waals surface area contributed by atoms with Gasteiger partial charge in [-0.25, -0.2) is 4.79 Å². The molecule has 22 heavy (non-hydrogen) atoms. The molecule has 0 radical (unpaired) electrons. The van der Waals surface area contributed by atoms with Crippen LogP contribution in [-0.2, 0) is 4.74 Å². The Morgan fingerprint density at radius 2 is 1.64 bits per heavy atom. The van der Waals surface area contributed by atoms with Crippen LogP contribution in [0, 0.1) is 34.5 Å². The third kappa shape index (κ3) is 2.41. The number of nitrogens with zero attached hydrogens (tertiary/aromatic N) is 1. The molecule has 4 aliphatic carbocycles. The van der Waals surface area contributed by atoms with Crippen molar-refractivity contribution >= 4 is 5.97 Å². The van der Waals surface area contributed by atoms with Crippen LogP contribution >= 0.6 is 0 Å². The van der Waals surface area contributed by atoms with E-state index in [4.69, 9.17) is 10.00 Å². The molecule has 0 spiro atoms. The van der Waals surface area contributed by atoms with Crippen molar-refractivity contribution in [3.05, 3.63) is 35.4 Å². The summed E-state index contributed by atoms with van der Waals surface area (Å²) < 4.78 is 5.66. The van der Waals surface area contributed by atoms with Gasteiger partial charge in [0.2, 0.25) is 0 Å². The van der Waals surface area contributed by atoms with Gasteiger partial charge in [-0.3, -0.25) is 0 Å². The number of hydrogen-bond acceptors (Lipinski definition) is 3. The summed E-state index contributed by atoms with van der Waals surface area (Å²) in [7, 11) is 0. The maximum absolute atomic E-state index is 12.2. The SMILES string of the molecule is N#Cc1ccc(C(=O)OCC23CC4CC(CC(C4)C2)C3)cc1. The fraction of sp³-hybridized carbons (Fsp3) is 0.579. The maximum Gasteiger partial charge on any atom is 0.338 e. The largest absolute Gasteiger partial charge is 0.462 e. The minimum absolute atomic E-state index is 0.250. The van der Waals surface area contributed by atoms with Gasteiger partial charge >= 0.3 is 5.97 Å². The Bertz CT molecular complexity index is 591. The Morgan fingerprint density at radius 3 is 2.14 bits per heavy atom. The molecule has 4 fully saturated rings. The molecule has 0 atom stereocenters. The number of esters is 1. The molecule has 5 rings (SSSR count). The van der Waals surface area contributed by atoms with Gasteiger partial charge in [-0.2, -0.15) is 5.26 Å². The average molecular weight is 295 g/mol.